The van der Waals surface area contributed by atoms with Gasteiger partial charge >= 0.3 is 0 Å². The van der Waals surface area contributed by atoms with Crippen LogP contribution in [-0.2, 0) is 0 Å². The zero-order valence-corrected chi connectivity index (χ0v) is 16.0. The molecule has 0 spiro atoms. The van der Waals surface area contributed by atoms with E-state index >= 15 is 0 Å². The van der Waals surface area contributed by atoms with E-state index in [1.54, 1.807) is 18.2 Å². The Balaban J connectivity index is 1.69. The molecule has 0 aromatic heterocycles. The molecule has 4 rings (SSSR count). The summed E-state index contributed by atoms with van der Waals surface area (Å²) in [4.78, 5) is 13.1. The van der Waals surface area contributed by atoms with Crippen LogP contribution in [0.3, 0.4) is 0 Å². The Bertz CT molecular complexity index is 787. The molecule has 5 heteroatoms. The standard InChI is InChI=1S/C21H22Cl2N2O/c22-16-9-4-10-17(23)18(16)20(26)25-19(15-7-2-1-3-8-15)21-11-5-6-14(12-21)13-24-21/h1-4,7-10,14,19,24H,5-6,11-13H2,(H,25,26). The van der Waals surface area contributed by atoms with Crippen LogP contribution in [0.1, 0.15) is 47.6 Å². The second kappa shape index (κ2) is 7.22. The third kappa shape index (κ3) is 3.24. The molecule has 3 unspecified atom stereocenters. The van der Waals surface area contributed by atoms with Crippen molar-refractivity contribution >= 4 is 29.1 Å². The molecule has 1 amide bonds. The van der Waals surface area contributed by atoms with E-state index in [0.29, 0.717) is 21.5 Å². The van der Waals surface area contributed by atoms with Crippen LogP contribution >= 0.6 is 23.2 Å². The predicted octanol–water partition coefficient (Wildman–Crippen LogP) is 5.00. The number of halogens is 2. The van der Waals surface area contributed by atoms with Gasteiger partial charge in [-0.3, -0.25) is 4.79 Å². The van der Waals surface area contributed by atoms with Gasteiger partial charge in [-0.2, -0.15) is 0 Å². The van der Waals surface area contributed by atoms with Crippen LogP contribution in [0.15, 0.2) is 48.5 Å². The lowest BCUT2D eigenvalue weighted by Gasteiger charge is -2.41. The minimum Gasteiger partial charge on any atom is -0.343 e. The Hall–Kier alpha value is -1.55. The van der Waals surface area contributed by atoms with Crippen molar-refractivity contribution in [2.45, 2.75) is 37.3 Å². The summed E-state index contributed by atoms with van der Waals surface area (Å²) in [6, 6.07) is 15.2. The maximum absolute atomic E-state index is 13.1. The average Bonchev–Trinajstić information content (AvgIpc) is 2.95. The fraction of sp³-hybridized carbons (Fsp3) is 0.381. The summed E-state index contributed by atoms with van der Waals surface area (Å²) >= 11 is 12.5. The maximum atomic E-state index is 13.1. The number of hydrogen-bond acceptors (Lipinski definition) is 2. The van der Waals surface area contributed by atoms with Crippen molar-refractivity contribution in [2.75, 3.05) is 6.54 Å². The number of amides is 1. The molecule has 2 bridgehead atoms. The SMILES string of the molecule is O=C(NC(c1ccccc1)C12CCCC(CN1)C2)c1c(Cl)cccc1Cl. The van der Waals surface area contributed by atoms with Crippen molar-refractivity contribution in [3.05, 3.63) is 69.7 Å². The summed E-state index contributed by atoms with van der Waals surface area (Å²) in [6.07, 6.45) is 4.59. The summed E-state index contributed by atoms with van der Waals surface area (Å²) in [6.45, 7) is 1.02. The molecule has 136 valence electrons. The lowest BCUT2D eigenvalue weighted by atomic mass is 9.73. The van der Waals surface area contributed by atoms with Gasteiger partial charge in [-0.15, -0.1) is 0 Å². The van der Waals surface area contributed by atoms with Crippen LogP contribution in [0, 0.1) is 5.92 Å². The highest BCUT2D eigenvalue weighted by Crippen LogP contribution is 2.45. The van der Waals surface area contributed by atoms with Gasteiger partial charge in [0.1, 0.15) is 0 Å². The molecule has 1 heterocycles. The lowest BCUT2D eigenvalue weighted by Crippen LogP contribution is -2.52. The minimum atomic E-state index is -0.223. The summed E-state index contributed by atoms with van der Waals surface area (Å²) in [5.74, 6) is 0.468. The number of fused-ring (bicyclic) bond motifs is 2. The van der Waals surface area contributed by atoms with Crippen molar-refractivity contribution in [1.82, 2.24) is 10.6 Å². The van der Waals surface area contributed by atoms with Gasteiger partial charge in [-0.05, 0) is 49.4 Å². The molecule has 3 atom stereocenters. The van der Waals surface area contributed by atoms with Gasteiger partial charge in [0.05, 0.1) is 21.7 Å². The van der Waals surface area contributed by atoms with Gasteiger partial charge < -0.3 is 10.6 Å². The fourth-order valence-corrected chi connectivity index (χ4v) is 5.15. The van der Waals surface area contributed by atoms with Gasteiger partial charge in [0.2, 0.25) is 0 Å². The van der Waals surface area contributed by atoms with Gasteiger partial charge in [0.15, 0.2) is 0 Å². The second-order valence-electron chi connectivity index (χ2n) is 7.41. The molecule has 1 saturated heterocycles. The maximum Gasteiger partial charge on any atom is 0.254 e. The molecule has 0 radical (unpaired) electrons. The van der Waals surface area contributed by atoms with E-state index in [4.69, 9.17) is 23.2 Å². The summed E-state index contributed by atoms with van der Waals surface area (Å²) in [5.41, 5.74) is 1.35. The highest BCUT2D eigenvalue weighted by atomic mass is 35.5. The third-order valence-electron chi connectivity index (χ3n) is 5.78. The van der Waals surface area contributed by atoms with Crippen molar-refractivity contribution in [3.63, 3.8) is 0 Å². The third-order valence-corrected chi connectivity index (χ3v) is 6.41. The van der Waals surface area contributed by atoms with Crippen LogP contribution in [0.2, 0.25) is 10.0 Å². The summed E-state index contributed by atoms with van der Waals surface area (Å²) in [5, 5.41) is 7.74. The summed E-state index contributed by atoms with van der Waals surface area (Å²) < 4.78 is 0. The first kappa shape index (κ1) is 17.8. The molecule has 2 N–H and O–H groups in total. The van der Waals surface area contributed by atoms with Gasteiger partial charge in [-0.1, -0.05) is 66.0 Å². The molecule has 3 nitrogen and oxygen atoms in total. The zero-order chi connectivity index (χ0) is 18.1. The Labute approximate surface area is 164 Å². The molecule has 2 fully saturated rings. The van der Waals surface area contributed by atoms with E-state index in [2.05, 4.69) is 22.8 Å². The molecule has 1 aliphatic carbocycles. The van der Waals surface area contributed by atoms with Gasteiger partial charge in [-0.25, -0.2) is 0 Å². The van der Waals surface area contributed by atoms with E-state index in [1.165, 1.54) is 12.8 Å². The number of hydrogen-bond donors (Lipinski definition) is 2. The van der Waals surface area contributed by atoms with Crippen LogP contribution < -0.4 is 10.6 Å². The number of rotatable bonds is 4. The van der Waals surface area contributed by atoms with E-state index in [0.717, 1.165) is 24.9 Å². The topological polar surface area (TPSA) is 41.1 Å². The van der Waals surface area contributed by atoms with E-state index < -0.39 is 0 Å². The predicted molar refractivity (Wildman–Crippen MR) is 106 cm³/mol. The molecule has 2 aromatic rings. The smallest absolute Gasteiger partial charge is 0.254 e. The first-order valence-corrected chi connectivity index (χ1v) is 9.89. The molecular weight excluding hydrogens is 367 g/mol. The first-order valence-electron chi connectivity index (χ1n) is 9.14. The van der Waals surface area contributed by atoms with E-state index in [9.17, 15) is 4.79 Å². The average molecular weight is 389 g/mol. The highest BCUT2D eigenvalue weighted by molar-refractivity contribution is 6.39. The van der Waals surface area contributed by atoms with Gasteiger partial charge in [0, 0.05) is 5.54 Å². The van der Waals surface area contributed by atoms with E-state index in [1.807, 2.05) is 18.2 Å². The van der Waals surface area contributed by atoms with Crippen LogP contribution in [0.4, 0.5) is 0 Å². The molecule has 1 aliphatic heterocycles. The van der Waals surface area contributed by atoms with Crippen LogP contribution in [0.5, 0.6) is 0 Å². The monoisotopic (exact) mass is 388 g/mol. The van der Waals surface area contributed by atoms with E-state index in [-0.39, 0.29) is 17.5 Å². The quantitative estimate of drug-likeness (QED) is 0.773. The normalized spacial score (nSPS) is 25.7. The van der Waals surface area contributed by atoms with Crippen molar-refractivity contribution in [3.8, 4) is 0 Å². The minimum absolute atomic E-state index is 0.104. The van der Waals surface area contributed by atoms with Crippen LogP contribution in [0.25, 0.3) is 0 Å². The Morgan fingerprint density at radius 3 is 2.58 bits per heavy atom. The molecule has 2 aromatic carbocycles. The first-order chi connectivity index (χ1) is 12.6. The van der Waals surface area contributed by atoms with Crippen molar-refractivity contribution in [2.24, 2.45) is 5.92 Å². The molecule has 26 heavy (non-hydrogen) atoms. The number of carbonyl (C=O) groups is 1. The van der Waals surface area contributed by atoms with Crippen molar-refractivity contribution < 1.29 is 4.79 Å². The van der Waals surface area contributed by atoms with Crippen molar-refractivity contribution in [1.29, 1.82) is 0 Å². The van der Waals surface area contributed by atoms with Crippen LogP contribution in [-0.4, -0.2) is 18.0 Å². The lowest BCUT2D eigenvalue weighted by molar-refractivity contribution is 0.0893. The number of nitrogens with one attached hydrogen (secondary N) is 2. The fourth-order valence-electron chi connectivity index (χ4n) is 4.58. The Kier molecular flexibility index (Phi) is 4.96. The summed E-state index contributed by atoms with van der Waals surface area (Å²) in [7, 11) is 0. The largest absolute Gasteiger partial charge is 0.343 e. The highest BCUT2D eigenvalue weighted by Gasteiger charge is 2.48. The zero-order valence-electron chi connectivity index (χ0n) is 14.5. The Morgan fingerprint density at radius 2 is 1.85 bits per heavy atom. The number of carbonyl (C=O) groups excluding carboxylic acids is 1. The molecular formula is C21H22Cl2N2O. The van der Waals surface area contributed by atoms with Gasteiger partial charge in [0.25, 0.3) is 5.91 Å². The second-order valence-corrected chi connectivity index (χ2v) is 8.23. The molecule has 1 saturated carbocycles. The Morgan fingerprint density at radius 1 is 1.12 bits per heavy atom. The molecule has 2 aliphatic rings. The number of benzene rings is 2.